The zero-order chi connectivity index (χ0) is 17.0. The molecule has 3 heteroatoms. The van der Waals surface area contributed by atoms with Gasteiger partial charge in [-0.1, -0.05) is 59.6 Å². The summed E-state index contributed by atoms with van der Waals surface area (Å²) in [5.41, 5.74) is 6.07. The molecule has 0 saturated heterocycles. The summed E-state index contributed by atoms with van der Waals surface area (Å²) in [5, 5.41) is 0. The number of nitrogens with zero attached hydrogens (tertiary/aromatic N) is 2. The molecule has 2 aromatic rings. The molecule has 0 radical (unpaired) electrons. The Balaban J connectivity index is 0.00000288. The Bertz CT molecular complexity index is 633. The Morgan fingerprint density at radius 2 is 1.54 bits per heavy atom. The first-order valence-corrected chi connectivity index (χ1v) is 9.15. The third-order valence-corrected chi connectivity index (χ3v) is 5.29. The van der Waals surface area contributed by atoms with Crippen molar-refractivity contribution in [1.29, 1.82) is 0 Å². The van der Waals surface area contributed by atoms with Crippen molar-refractivity contribution in [2.24, 2.45) is 0 Å². The van der Waals surface area contributed by atoms with E-state index < -0.39 is 0 Å². The van der Waals surface area contributed by atoms with Gasteiger partial charge in [0.15, 0.2) is 0 Å². The topological polar surface area (TPSA) is 27.0 Å². The molecule has 3 unspecified atom stereocenters. The van der Waals surface area contributed by atoms with Crippen molar-refractivity contribution in [3.8, 4) is 11.4 Å². The first kappa shape index (κ1) is 21.1. The molecule has 0 aliphatic carbocycles. The van der Waals surface area contributed by atoms with Gasteiger partial charge in [0.05, 0.1) is 0 Å². The smallest absolute Gasteiger partial charge is 0.0488 e. The van der Waals surface area contributed by atoms with E-state index in [2.05, 4.69) is 64.7 Å². The van der Waals surface area contributed by atoms with Gasteiger partial charge in [0, 0.05) is 32.3 Å². The fraction of sp³-hybridized carbons (Fsp3) is 0.571. The molecule has 0 bridgehead atoms. The van der Waals surface area contributed by atoms with Gasteiger partial charge in [-0.3, -0.25) is 4.98 Å². The van der Waals surface area contributed by atoms with Crippen LogP contribution in [0.2, 0.25) is 0 Å². The van der Waals surface area contributed by atoms with Crippen LogP contribution in [0.4, 0.5) is 0 Å². The number of rotatable bonds is 7. The monoisotopic (exact) mass is 417 g/mol. The van der Waals surface area contributed by atoms with Gasteiger partial charge in [-0.05, 0) is 48.3 Å². The van der Waals surface area contributed by atoms with Crippen LogP contribution in [0, 0.1) is 0 Å². The van der Waals surface area contributed by atoms with Crippen molar-refractivity contribution in [3.05, 3.63) is 41.2 Å². The molecule has 3 atom stereocenters. The molecular formula is C21H31N2Pd-. The van der Waals surface area contributed by atoms with Crippen LogP contribution in [0.5, 0.6) is 0 Å². The van der Waals surface area contributed by atoms with Gasteiger partial charge in [0.1, 0.15) is 0 Å². The Kier molecular flexibility index (Phi) is 8.40. The summed E-state index contributed by atoms with van der Waals surface area (Å²) in [7, 11) is 0. The average Bonchev–Trinajstić information content (AvgIpc) is 3.05. The normalized spacial score (nSPS) is 14.8. The molecule has 0 spiro atoms. The van der Waals surface area contributed by atoms with Crippen molar-refractivity contribution < 1.29 is 20.4 Å². The molecule has 0 fully saturated rings. The second-order valence-electron chi connectivity index (χ2n) is 6.89. The van der Waals surface area contributed by atoms with Crippen molar-refractivity contribution in [2.45, 2.75) is 78.6 Å². The maximum absolute atomic E-state index is 4.98. The molecule has 0 saturated carbocycles. The zero-order valence-corrected chi connectivity index (χ0v) is 17.4. The molecule has 0 aromatic carbocycles. The second kappa shape index (κ2) is 9.54. The minimum absolute atomic E-state index is 0. The van der Waals surface area contributed by atoms with Crippen LogP contribution in [0.15, 0.2) is 24.4 Å². The summed E-state index contributed by atoms with van der Waals surface area (Å²) >= 11 is 0. The van der Waals surface area contributed by atoms with Crippen LogP contribution in [-0.2, 0) is 20.4 Å². The quantitative estimate of drug-likeness (QED) is 0.498. The van der Waals surface area contributed by atoms with Crippen molar-refractivity contribution in [1.82, 2.24) is 9.97 Å². The first-order chi connectivity index (χ1) is 11.0. The number of pyridine rings is 1. The van der Waals surface area contributed by atoms with Crippen LogP contribution in [0.25, 0.3) is 11.4 Å². The summed E-state index contributed by atoms with van der Waals surface area (Å²) in [4.78, 5) is 9.62. The van der Waals surface area contributed by atoms with Gasteiger partial charge in [-0.15, -0.1) is 5.69 Å². The van der Waals surface area contributed by atoms with Crippen molar-refractivity contribution in [2.75, 3.05) is 0 Å². The summed E-state index contributed by atoms with van der Waals surface area (Å²) in [5.74, 6) is 1.58. The Labute approximate surface area is 161 Å². The van der Waals surface area contributed by atoms with Crippen LogP contribution >= 0.6 is 0 Å². The molecule has 0 aliphatic rings. The molecule has 0 N–H and O–H groups in total. The van der Waals surface area contributed by atoms with Gasteiger partial charge >= 0.3 is 0 Å². The number of aromatic nitrogens is 2. The maximum atomic E-state index is 4.98. The molecule has 24 heavy (non-hydrogen) atoms. The fourth-order valence-corrected chi connectivity index (χ4v) is 2.83. The summed E-state index contributed by atoms with van der Waals surface area (Å²) in [6.45, 7) is 13.5. The van der Waals surface area contributed by atoms with Crippen LogP contribution in [0.3, 0.4) is 0 Å². The Hall–Kier alpha value is -0.908. The van der Waals surface area contributed by atoms with Gasteiger partial charge < -0.3 is 4.98 Å². The molecule has 136 valence electrons. The van der Waals surface area contributed by atoms with Crippen molar-refractivity contribution >= 4 is 0 Å². The van der Waals surface area contributed by atoms with Crippen molar-refractivity contribution in [3.63, 3.8) is 0 Å². The third-order valence-electron chi connectivity index (χ3n) is 5.29. The van der Waals surface area contributed by atoms with Gasteiger partial charge in [-0.25, -0.2) is 0 Å². The molecular weight excluding hydrogens is 387 g/mol. The number of hydrogen-bond acceptors (Lipinski definition) is 1. The molecule has 0 aliphatic heterocycles. The van der Waals surface area contributed by atoms with Gasteiger partial charge in [0.2, 0.25) is 0 Å². The van der Waals surface area contributed by atoms with E-state index >= 15 is 0 Å². The maximum Gasteiger partial charge on any atom is 0.0488 e. The van der Waals surface area contributed by atoms with Gasteiger partial charge in [-0.2, -0.15) is 5.69 Å². The Morgan fingerprint density at radius 1 is 0.917 bits per heavy atom. The molecule has 2 nitrogen and oxygen atoms in total. The fourth-order valence-electron chi connectivity index (χ4n) is 2.83. The predicted molar refractivity (Wildman–Crippen MR) is 99.1 cm³/mol. The summed E-state index contributed by atoms with van der Waals surface area (Å²) < 4.78 is 0. The standard InChI is InChI=1S/C21H31N2.Pd/c1-7-14(4)17-10-11-22-20(12-17)21-18(15(5)8-2)13-19(23-21)16(6)9-3;/h10-16H,7-9H2,1-6H3;/q-1;. The second-order valence-corrected chi connectivity index (χ2v) is 6.89. The van der Waals surface area contributed by atoms with E-state index in [1.807, 2.05) is 6.20 Å². The van der Waals surface area contributed by atoms with Gasteiger partial charge in [0.25, 0.3) is 0 Å². The minimum atomic E-state index is 0. The largest absolute Gasteiger partial charge is 0.659 e. The van der Waals surface area contributed by atoms with E-state index in [0.717, 1.165) is 30.7 Å². The molecule has 2 rings (SSSR count). The molecule has 0 amide bonds. The van der Waals surface area contributed by atoms with E-state index in [0.29, 0.717) is 17.8 Å². The molecule has 2 aromatic heterocycles. The minimum Gasteiger partial charge on any atom is -0.659 e. The summed E-state index contributed by atoms with van der Waals surface area (Å²) in [6.07, 6.45) is 5.34. The SMILES string of the molecule is CCC(C)c1ccnc(-c2[n-]c(C(C)CC)cc2C(C)CC)c1.[Pd]. The third kappa shape index (κ3) is 4.59. The average molecular weight is 418 g/mol. The van der Waals surface area contributed by atoms with Crippen LogP contribution in [0.1, 0.15) is 95.4 Å². The van der Waals surface area contributed by atoms with E-state index in [4.69, 9.17) is 4.98 Å². The van der Waals surface area contributed by atoms with E-state index in [-0.39, 0.29) is 20.4 Å². The first-order valence-electron chi connectivity index (χ1n) is 9.15. The molecule has 2 heterocycles. The Morgan fingerprint density at radius 3 is 2.12 bits per heavy atom. The van der Waals surface area contributed by atoms with E-state index in [1.165, 1.54) is 16.8 Å². The number of hydrogen-bond donors (Lipinski definition) is 0. The van der Waals surface area contributed by atoms with E-state index in [1.54, 1.807) is 0 Å². The van der Waals surface area contributed by atoms with Crippen LogP contribution < -0.4 is 4.98 Å². The predicted octanol–water partition coefficient (Wildman–Crippen LogP) is 6.24. The van der Waals surface area contributed by atoms with E-state index in [9.17, 15) is 0 Å². The summed E-state index contributed by atoms with van der Waals surface area (Å²) in [6, 6.07) is 6.69. The van der Waals surface area contributed by atoms with Crippen LogP contribution in [-0.4, -0.2) is 4.98 Å². The zero-order valence-electron chi connectivity index (χ0n) is 15.9.